The number of ether oxygens (including phenoxy) is 9. The van der Waals surface area contributed by atoms with Crippen molar-refractivity contribution in [2.75, 3.05) is 33.0 Å². The Morgan fingerprint density at radius 1 is 0.554 bits per heavy atom. The zero-order valence-electron chi connectivity index (χ0n) is 40.1. The van der Waals surface area contributed by atoms with Crippen molar-refractivity contribution < 1.29 is 143 Å². The summed E-state index contributed by atoms with van der Waals surface area (Å²) >= 11 is 0. The number of aliphatic carboxylic acids is 1. The third kappa shape index (κ3) is 13.7. The molecule has 4 amide bonds. The molecule has 0 aliphatic carbocycles. The van der Waals surface area contributed by atoms with Crippen molar-refractivity contribution in [1.82, 2.24) is 21.3 Å². The van der Waals surface area contributed by atoms with E-state index in [1.165, 1.54) is 0 Å². The second-order valence-corrected chi connectivity index (χ2v) is 18.4. The van der Waals surface area contributed by atoms with Crippen LogP contribution < -0.4 is 21.3 Å². The van der Waals surface area contributed by atoms with E-state index in [-0.39, 0.29) is 0 Å². The third-order valence-corrected chi connectivity index (χ3v) is 12.9. The van der Waals surface area contributed by atoms with Crippen LogP contribution in [0.4, 0.5) is 0 Å². The maximum atomic E-state index is 13.5. The summed E-state index contributed by atoms with van der Waals surface area (Å²) in [6.45, 7) is -1.07. The van der Waals surface area contributed by atoms with Gasteiger partial charge >= 0.3 is 5.97 Å². The Kier molecular flexibility index (Phi) is 21.7. The number of carbonyl (C=O) groups is 5. The zero-order valence-corrected chi connectivity index (χ0v) is 40.1. The van der Waals surface area contributed by atoms with Gasteiger partial charge in [-0.3, -0.25) is 19.2 Å². The number of amides is 4. The molecular formula is C41H68N4O29. The molecule has 0 aromatic rings. The molecule has 0 radical (unpaired) electrons. The van der Waals surface area contributed by atoms with Gasteiger partial charge in [-0.2, -0.15) is 0 Å². The van der Waals surface area contributed by atoms with E-state index in [1.807, 2.05) is 0 Å². The predicted octanol–water partition coefficient (Wildman–Crippen LogP) is -12.1. The molecule has 5 fully saturated rings. The van der Waals surface area contributed by atoms with Crippen molar-refractivity contribution in [2.45, 2.75) is 193 Å². The first-order valence-electron chi connectivity index (χ1n) is 23.2. The van der Waals surface area contributed by atoms with Crippen molar-refractivity contribution in [2.24, 2.45) is 0 Å². The molecule has 0 aromatic heterocycles. The lowest BCUT2D eigenvalue weighted by molar-refractivity contribution is -0.397. The molecule has 33 nitrogen and oxygen atoms in total. The normalized spacial score (nSPS) is 43.6. The Hall–Kier alpha value is -3.57. The largest absolute Gasteiger partial charge is 0.477 e. The molecule has 1 unspecified atom stereocenters. The summed E-state index contributed by atoms with van der Waals surface area (Å²) in [6, 6.07) is -6.81. The molecule has 5 aliphatic heterocycles. The van der Waals surface area contributed by atoms with E-state index in [2.05, 4.69) is 21.3 Å². The van der Waals surface area contributed by atoms with Crippen LogP contribution in [-0.4, -0.2) is 298 Å². The van der Waals surface area contributed by atoms with Crippen LogP contribution in [0.2, 0.25) is 0 Å². The molecule has 0 spiro atoms. The molecule has 0 saturated carbocycles. The molecule has 5 rings (SSSR count). The van der Waals surface area contributed by atoms with Gasteiger partial charge < -0.3 is 140 Å². The van der Waals surface area contributed by atoms with Gasteiger partial charge in [-0.1, -0.05) is 0 Å². The van der Waals surface area contributed by atoms with Gasteiger partial charge in [0.15, 0.2) is 25.2 Å². The number of nitrogens with one attached hydrogen (secondary N) is 4. The summed E-state index contributed by atoms with van der Waals surface area (Å²) in [6.07, 6.45) is -43.6. The highest BCUT2D eigenvalue weighted by Crippen LogP contribution is 2.40. The Morgan fingerprint density at radius 3 is 1.53 bits per heavy atom. The number of carboxylic acids is 1. The van der Waals surface area contributed by atoms with Gasteiger partial charge in [-0.25, -0.2) is 4.79 Å². The molecule has 426 valence electrons. The Balaban J connectivity index is 1.57. The second-order valence-electron chi connectivity index (χ2n) is 18.4. The Morgan fingerprint density at radius 2 is 1.03 bits per heavy atom. The number of carboxylic acid groups (broad SMARTS) is 1. The fourth-order valence-corrected chi connectivity index (χ4v) is 9.24. The highest BCUT2D eigenvalue weighted by molar-refractivity contribution is 5.77. The molecular weight excluding hydrogens is 1010 g/mol. The number of rotatable bonds is 20. The standard InChI is InChI=1S/C41H68N4O29/c1-11(50)42-21-15(54)5-41(40(64)65,73-34(21)25(56)16(55)6-46)74-35-31(62)39(70-19(9-49)32(35)71-38-23(44-13(3)52)30(61)27(58)18(8-48)69-38)72-33-24(45-14(4)53)36(63)67-20(28(33)59)10-66-37-22(43-12(2)51)29(60)26(57)17(7-47)68-37/h15-39,46-49,54-63H,5-10H2,1-4H3,(H,42,50)(H,43,51)(H,44,52)(H,45,53)(H,64,65)/t15-,16+,17+,18+,19+,20+,21+,22+,23+,24+,25+,26+,27-,28-,29+,30+,31+,32-,33+,34+,35+,36?,37+,38-,39-,41-/m0/s1. The van der Waals surface area contributed by atoms with Gasteiger partial charge in [-0.15, -0.1) is 0 Å². The highest BCUT2D eigenvalue weighted by atomic mass is 16.8. The molecule has 5 saturated heterocycles. The van der Waals surface area contributed by atoms with Crippen LogP contribution in [0.1, 0.15) is 34.1 Å². The zero-order chi connectivity index (χ0) is 55.3. The van der Waals surface area contributed by atoms with Crippen LogP contribution in [0, 0.1) is 0 Å². The fourth-order valence-electron chi connectivity index (χ4n) is 9.24. The minimum absolute atomic E-state index is 0.726. The lowest BCUT2D eigenvalue weighted by Crippen LogP contribution is -2.72. The number of hydrogen-bond donors (Lipinski definition) is 19. The molecule has 26 atom stereocenters. The SMILES string of the molecule is CC(=O)N[C@H]1[C@H](O[C@@H]2[C@H](O[C@]3(C(=O)O)C[C@H](O)[C@@H](NC(C)=O)[C@H]([C@H](O)[C@H](O)CO)O3)[C@@H](O)[C@H](O[C@H]3[C@@H](O)[C@@H](CO[C@@H]4O[C@H](CO)[C@@H](O)[C@H](O)[C@H]4NC(C)=O)OC(O)[C@@H]3NC(C)=O)O[C@@H]2CO)O[C@H](CO)[C@H](O)[C@@H]1O. The molecule has 5 heterocycles. The maximum absolute atomic E-state index is 13.5. The van der Waals surface area contributed by atoms with E-state index in [1.54, 1.807) is 0 Å². The van der Waals surface area contributed by atoms with E-state index in [0.717, 1.165) is 27.7 Å². The van der Waals surface area contributed by atoms with Crippen molar-refractivity contribution in [1.29, 1.82) is 0 Å². The van der Waals surface area contributed by atoms with Gasteiger partial charge in [0.1, 0.15) is 116 Å². The van der Waals surface area contributed by atoms with Crippen molar-refractivity contribution >= 4 is 29.6 Å². The van der Waals surface area contributed by atoms with Crippen LogP contribution in [0.3, 0.4) is 0 Å². The van der Waals surface area contributed by atoms with Crippen LogP contribution in [-0.2, 0) is 66.6 Å². The minimum Gasteiger partial charge on any atom is -0.477 e. The van der Waals surface area contributed by atoms with E-state index in [0.29, 0.717) is 0 Å². The average molecular weight is 1080 g/mol. The average Bonchev–Trinajstić information content (AvgIpc) is 3.33. The quantitative estimate of drug-likeness (QED) is 0.0538. The highest BCUT2D eigenvalue weighted by Gasteiger charge is 2.62. The number of carbonyl (C=O) groups excluding carboxylic acids is 4. The van der Waals surface area contributed by atoms with Crippen LogP contribution in [0.25, 0.3) is 0 Å². The lowest BCUT2D eigenvalue weighted by atomic mass is 9.88. The van der Waals surface area contributed by atoms with Gasteiger partial charge in [0.2, 0.25) is 23.6 Å². The summed E-state index contributed by atoms with van der Waals surface area (Å²) in [5.41, 5.74) is 0. The Labute approximate surface area is 419 Å². The first kappa shape index (κ1) is 61.3. The summed E-state index contributed by atoms with van der Waals surface area (Å²) in [4.78, 5) is 62.6. The number of aliphatic hydroxyl groups excluding tert-OH is 14. The lowest BCUT2D eigenvalue weighted by Gasteiger charge is -2.52. The van der Waals surface area contributed by atoms with Gasteiger partial charge in [0.25, 0.3) is 5.79 Å². The Bertz CT molecular complexity index is 1900. The maximum Gasteiger partial charge on any atom is 0.364 e. The van der Waals surface area contributed by atoms with Crippen LogP contribution in [0.5, 0.6) is 0 Å². The first-order chi connectivity index (χ1) is 34.7. The smallest absolute Gasteiger partial charge is 0.364 e. The van der Waals surface area contributed by atoms with E-state index < -0.39 is 228 Å². The topological polar surface area (TPSA) is 520 Å². The van der Waals surface area contributed by atoms with Gasteiger partial charge in [-0.05, 0) is 0 Å². The molecule has 33 heteroatoms. The number of aliphatic hydroxyl groups is 14. The van der Waals surface area contributed by atoms with E-state index in [9.17, 15) is 101 Å². The first-order valence-corrected chi connectivity index (χ1v) is 23.2. The molecule has 19 N–H and O–H groups in total. The molecule has 0 bridgehead atoms. The molecule has 5 aliphatic rings. The fraction of sp³-hybridized carbons (Fsp3) is 0.878. The summed E-state index contributed by atoms with van der Waals surface area (Å²) in [5.74, 6) is -8.77. The number of hydrogen-bond acceptors (Lipinski definition) is 28. The van der Waals surface area contributed by atoms with E-state index >= 15 is 0 Å². The van der Waals surface area contributed by atoms with Crippen molar-refractivity contribution in [3.63, 3.8) is 0 Å². The van der Waals surface area contributed by atoms with Crippen LogP contribution in [0.15, 0.2) is 0 Å². The third-order valence-electron chi connectivity index (χ3n) is 12.9. The second kappa shape index (κ2) is 26.2. The molecule has 74 heavy (non-hydrogen) atoms. The van der Waals surface area contributed by atoms with Crippen LogP contribution >= 0.6 is 0 Å². The monoisotopic (exact) mass is 1080 g/mol. The van der Waals surface area contributed by atoms with Crippen molar-refractivity contribution in [3.05, 3.63) is 0 Å². The molecule has 0 aromatic carbocycles. The summed E-state index contributed by atoms with van der Waals surface area (Å²) in [7, 11) is 0. The van der Waals surface area contributed by atoms with Crippen molar-refractivity contribution in [3.8, 4) is 0 Å². The predicted molar refractivity (Wildman–Crippen MR) is 230 cm³/mol. The van der Waals surface area contributed by atoms with Gasteiger partial charge in [0, 0.05) is 34.1 Å². The summed E-state index contributed by atoms with van der Waals surface area (Å²) in [5, 5.41) is 172. The van der Waals surface area contributed by atoms with E-state index in [4.69, 9.17) is 42.6 Å². The minimum atomic E-state index is -3.33. The van der Waals surface area contributed by atoms with Gasteiger partial charge in [0.05, 0.1) is 45.2 Å². The summed E-state index contributed by atoms with van der Waals surface area (Å²) < 4.78 is 52.4.